The predicted octanol–water partition coefficient (Wildman–Crippen LogP) is 3.43. The summed E-state index contributed by atoms with van der Waals surface area (Å²) >= 11 is 6.04. The van der Waals surface area contributed by atoms with E-state index in [0.29, 0.717) is 17.7 Å². The minimum Gasteiger partial charge on any atom is -0.375 e. The molecule has 0 unspecified atom stereocenters. The molecule has 0 aliphatic rings. The van der Waals surface area contributed by atoms with Crippen molar-refractivity contribution in [1.29, 1.82) is 0 Å². The molecule has 0 aliphatic carbocycles. The van der Waals surface area contributed by atoms with E-state index in [2.05, 4.69) is 25.9 Å². The fourth-order valence-corrected chi connectivity index (χ4v) is 1.38. The summed E-state index contributed by atoms with van der Waals surface area (Å²) in [5.41, 5.74) is 0.835. The van der Waals surface area contributed by atoms with Gasteiger partial charge in [-0.15, -0.1) is 0 Å². The van der Waals surface area contributed by atoms with Gasteiger partial charge in [-0.25, -0.2) is 0 Å². The molecular weight excluding hydrogens is 212 g/mol. The molecule has 4 heteroatoms. The Morgan fingerprint density at radius 2 is 2.27 bits per heavy atom. The number of hydrogen-bond acceptors (Lipinski definition) is 2. The van der Waals surface area contributed by atoms with Crippen LogP contribution in [-0.2, 0) is 11.3 Å². The molecular formula is C11H19ClN2O. The third kappa shape index (κ3) is 3.84. The molecule has 0 aliphatic heterocycles. The molecule has 0 bridgehead atoms. The van der Waals surface area contributed by atoms with Gasteiger partial charge < -0.3 is 4.74 Å². The number of unbranched alkanes of at least 4 members (excludes halogenated alkanes) is 1. The van der Waals surface area contributed by atoms with Crippen molar-refractivity contribution < 1.29 is 4.74 Å². The van der Waals surface area contributed by atoms with Crippen LogP contribution >= 0.6 is 11.6 Å². The molecule has 0 spiro atoms. The zero-order chi connectivity index (χ0) is 11.3. The standard InChI is InChI=1S/C11H19ClN2O/c1-4-5-6-15-8-11-10(12)7-14(13-11)9(2)3/h7,9H,4-6,8H2,1-3H3. The largest absolute Gasteiger partial charge is 0.375 e. The number of halogens is 1. The quantitative estimate of drug-likeness (QED) is 0.700. The second-order valence-corrected chi connectivity index (χ2v) is 4.31. The van der Waals surface area contributed by atoms with E-state index in [0.717, 1.165) is 25.1 Å². The molecule has 1 aromatic heterocycles. The molecule has 0 atom stereocenters. The van der Waals surface area contributed by atoms with Gasteiger partial charge in [-0.05, 0) is 20.3 Å². The lowest BCUT2D eigenvalue weighted by atomic mass is 10.4. The highest BCUT2D eigenvalue weighted by molar-refractivity contribution is 6.31. The van der Waals surface area contributed by atoms with E-state index in [1.165, 1.54) is 0 Å². The van der Waals surface area contributed by atoms with Gasteiger partial charge >= 0.3 is 0 Å². The lowest BCUT2D eigenvalue weighted by Gasteiger charge is -2.03. The number of hydrogen-bond donors (Lipinski definition) is 0. The van der Waals surface area contributed by atoms with Gasteiger partial charge in [0.2, 0.25) is 0 Å². The fourth-order valence-electron chi connectivity index (χ4n) is 1.18. The predicted molar refractivity (Wildman–Crippen MR) is 62.2 cm³/mol. The van der Waals surface area contributed by atoms with Crippen molar-refractivity contribution in [3.8, 4) is 0 Å². The minimum atomic E-state index is 0.340. The summed E-state index contributed by atoms with van der Waals surface area (Å²) in [6.07, 6.45) is 4.08. The summed E-state index contributed by atoms with van der Waals surface area (Å²) in [6.45, 7) is 7.58. The van der Waals surface area contributed by atoms with Gasteiger partial charge in [0.15, 0.2) is 0 Å². The first kappa shape index (κ1) is 12.5. The van der Waals surface area contributed by atoms with Crippen molar-refractivity contribution in [3.05, 3.63) is 16.9 Å². The second kappa shape index (κ2) is 6.13. The molecule has 0 saturated carbocycles. The highest BCUT2D eigenvalue weighted by atomic mass is 35.5. The fraction of sp³-hybridized carbons (Fsp3) is 0.727. The lowest BCUT2D eigenvalue weighted by molar-refractivity contribution is 0.115. The van der Waals surface area contributed by atoms with E-state index in [-0.39, 0.29) is 0 Å². The Morgan fingerprint density at radius 1 is 1.53 bits per heavy atom. The summed E-state index contributed by atoms with van der Waals surface area (Å²) in [5.74, 6) is 0. The first-order valence-corrected chi connectivity index (χ1v) is 5.84. The average molecular weight is 231 g/mol. The Morgan fingerprint density at radius 3 is 2.80 bits per heavy atom. The number of aromatic nitrogens is 2. The molecule has 0 aromatic carbocycles. The first-order chi connectivity index (χ1) is 7.15. The van der Waals surface area contributed by atoms with Crippen molar-refractivity contribution >= 4 is 11.6 Å². The van der Waals surface area contributed by atoms with E-state index in [1.54, 1.807) is 0 Å². The minimum absolute atomic E-state index is 0.340. The summed E-state index contributed by atoms with van der Waals surface area (Å²) in [4.78, 5) is 0. The molecule has 0 saturated heterocycles. The van der Waals surface area contributed by atoms with Crippen LogP contribution in [0.3, 0.4) is 0 Å². The molecule has 0 amide bonds. The Balaban J connectivity index is 2.46. The number of ether oxygens (including phenoxy) is 1. The summed E-state index contributed by atoms with van der Waals surface area (Å²) in [7, 11) is 0. The van der Waals surface area contributed by atoms with Crippen molar-refractivity contribution in [2.75, 3.05) is 6.61 Å². The van der Waals surface area contributed by atoms with Gasteiger partial charge in [0.1, 0.15) is 5.69 Å². The maximum absolute atomic E-state index is 6.04. The number of rotatable bonds is 6. The normalized spacial score (nSPS) is 11.3. The smallest absolute Gasteiger partial charge is 0.107 e. The molecule has 15 heavy (non-hydrogen) atoms. The van der Waals surface area contributed by atoms with Crippen LogP contribution < -0.4 is 0 Å². The third-order valence-corrected chi connectivity index (χ3v) is 2.48. The van der Waals surface area contributed by atoms with Crippen LogP contribution in [-0.4, -0.2) is 16.4 Å². The molecule has 0 N–H and O–H groups in total. The molecule has 0 fully saturated rings. The molecule has 86 valence electrons. The third-order valence-electron chi connectivity index (χ3n) is 2.17. The van der Waals surface area contributed by atoms with Gasteiger partial charge in [-0.1, -0.05) is 24.9 Å². The van der Waals surface area contributed by atoms with Gasteiger partial charge in [-0.3, -0.25) is 4.68 Å². The van der Waals surface area contributed by atoms with E-state index >= 15 is 0 Å². The highest BCUT2D eigenvalue weighted by Gasteiger charge is 2.08. The van der Waals surface area contributed by atoms with Crippen LogP contribution in [0.2, 0.25) is 5.02 Å². The molecule has 3 nitrogen and oxygen atoms in total. The maximum atomic E-state index is 6.04. The van der Waals surface area contributed by atoms with E-state index < -0.39 is 0 Å². The van der Waals surface area contributed by atoms with Crippen LogP contribution in [0.5, 0.6) is 0 Å². The lowest BCUT2D eigenvalue weighted by Crippen LogP contribution is -2.03. The SMILES string of the molecule is CCCCOCc1nn(C(C)C)cc1Cl. The van der Waals surface area contributed by atoms with Crippen molar-refractivity contribution in [2.45, 2.75) is 46.3 Å². The van der Waals surface area contributed by atoms with Crippen LogP contribution in [0.25, 0.3) is 0 Å². The molecule has 0 radical (unpaired) electrons. The molecule has 1 rings (SSSR count). The number of nitrogens with zero attached hydrogens (tertiary/aromatic N) is 2. The second-order valence-electron chi connectivity index (χ2n) is 3.90. The van der Waals surface area contributed by atoms with Crippen molar-refractivity contribution in [1.82, 2.24) is 9.78 Å². The zero-order valence-corrected chi connectivity index (χ0v) is 10.4. The van der Waals surface area contributed by atoms with Gasteiger partial charge in [0, 0.05) is 18.8 Å². The highest BCUT2D eigenvalue weighted by Crippen LogP contribution is 2.17. The van der Waals surface area contributed by atoms with Crippen molar-refractivity contribution in [2.24, 2.45) is 0 Å². The van der Waals surface area contributed by atoms with E-state index in [1.807, 2.05) is 10.9 Å². The summed E-state index contributed by atoms with van der Waals surface area (Å²) in [5, 5.41) is 5.06. The van der Waals surface area contributed by atoms with Gasteiger partial charge in [0.25, 0.3) is 0 Å². The van der Waals surface area contributed by atoms with Crippen LogP contribution in [0.4, 0.5) is 0 Å². The van der Waals surface area contributed by atoms with Crippen LogP contribution in [0.15, 0.2) is 6.20 Å². The van der Waals surface area contributed by atoms with Crippen LogP contribution in [0, 0.1) is 0 Å². The topological polar surface area (TPSA) is 27.1 Å². The first-order valence-electron chi connectivity index (χ1n) is 5.46. The zero-order valence-electron chi connectivity index (χ0n) is 9.66. The van der Waals surface area contributed by atoms with Gasteiger partial charge in [-0.2, -0.15) is 5.10 Å². The van der Waals surface area contributed by atoms with Crippen molar-refractivity contribution in [3.63, 3.8) is 0 Å². The Kier molecular flexibility index (Phi) is 5.12. The monoisotopic (exact) mass is 230 g/mol. The Labute approximate surface area is 96.4 Å². The molecule has 1 heterocycles. The maximum Gasteiger partial charge on any atom is 0.107 e. The van der Waals surface area contributed by atoms with Crippen LogP contribution in [0.1, 0.15) is 45.3 Å². The Hall–Kier alpha value is -0.540. The van der Waals surface area contributed by atoms with Gasteiger partial charge in [0.05, 0.1) is 11.6 Å². The Bertz CT molecular complexity index is 297. The average Bonchev–Trinajstić information content (AvgIpc) is 2.55. The molecule has 1 aromatic rings. The van der Waals surface area contributed by atoms with E-state index in [4.69, 9.17) is 16.3 Å². The van der Waals surface area contributed by atoms with E-state index in [9.17, 15) is 0 Å². The summed E-state index contributed by atoms with van der Waals surface area (Å²) in [6, 6.07) is 0.340. The summed E-state index contributed by atoms with van der Waals surface area (Å²) < 4.78 is 7.34.